The first-order valence-electron chi connectivity index (χ1n) is 5.85. The first-order valence-corrected chi connectivity index (χ1v) is 5.85. The maximum atomic E-state index is 12.2. The molecule has 0 spiro atoms. The molecule has 5 nitrogen and oxygen atoms in total. The molecule has 2 aliphatic rings. The predicted octanol–water partition coefficient (Wildman–Crippen LogP) is -0.240. The van der Waals surface area contributed by atoms with Crippen molar-refractivity contribution in [3.63, 3.8) is 0 Å². The van der Waals surface area contributed by atoms with Gasteiger partial charge in [-0.25, -0.2) is 0 Å². The molecule has 0 aromatic heterocycles. The average Bonchev–Trinajstić information content (AvgIpc) is 2.29. The third-order valence-electron chi connectivity index (χ3n) is 3.27. The van der Waals surface area contributed by atoms with Crippen molar-refractivity contribution in [1.82, 2.24) is 10.2 Å². The number of nitrogens with one attached hydrogen (secondary N) is 1. The molecule has 90 valence electrons. The molecule has 2 heterocycles. The van der Waals surface area contributed by atoms with Gasteiger partial charge in [0.05, 0.1) is 18.6 Å². The van der Waals surface area contributed by atoms with Gasteiger partial charge < -0.3 is 15.0 Å². The largest absolute Gasteiger partial charge is 0.378 e. The molecular weight excluding hydrogens is 208 g/mol. The number of hydrogen-bond donors (Lipinski definition) is 1. The molecule has 5 heteroatoms. The Morgan fingerprint density at radius 2 is 2.38 bits per heavy atom. The lowest BCUT2D eigenvalue weighted by molar-refractivity contribution is -0.148. The van der Waals surface area contributed by atoms with E-state index in [0.717, 1.165) is 19.4 Å². The molecule has 2 rings (SSSR count). The minimum atomic E-state index is -0.0698. The van der Waals surface area contributed by atoms with Crippen LogP contribution in [0.5, 0.6) is 0 Å². The molecule has 0 aromatic rings. The molecule has 0 aliphatic carbocycles. The molecule has 0 aromatic carbocycles. The second-order valence-electron chi connectivity index (χ2n) is 4.43. The Kier molecular flexibility index (Phi) is 3.43. The smallest absolute Gasteiger partial charge is 0.239 e. The van der Waals surface area contributed by atoms with Crippen molar-refractivity contribution in [2.75, 3.05) is 26.2 Å². The van der Waals surface area contributed by atoms with Gasteiger partial charge in [0.1, 0.15) is 0 Å². The fourth-order valence-electron chi connectivity index (χ4n) is 2.31. The highest BCUT2D eigenvalue weighted by Crippen LogP contribution is 2.22. The highest BCUT2D eigenvalue weighted by molar-refractivity contribution is 5.87. The molecule has 2 atom stereocenters. The van der Waals surface area contributed by atoms with Gasteiger partial charge in [0, 0.05) is 19.7 Å². The molecule has 0 bridgehead atoms. The summed E-state index contributed by atoms with van der Waals surface area (Å²) < 4.78 is 5.48. The highest BCUT2D eigenvalue weighted by Gasteiger charge is 2.33. The van der Waals surface area contributed by atoms with E-state index in [0.29, 0.717) is 13.1 Å². The number of ether oxygens (including phenoxy) is 1. The van der Waals surface area contributed by atoms with Crippen molar-refractivity contribution in [3.05, 3.63) is 0 Å². The summed E-state index contributed by atoms with van der Waals surface area (Å²) in [5.41, 5.74) is 0. The van der Waals surface area contributed by atoms with Gasteiger partial charge in [-0.3, -0.25) is 9.59 Å². The topological polar surface area (TPSA) is 58.6 Å². The number of carbonyl (C=O) groups excluding carboxylic acids is 2. The average molecular weight is 226 g/mol. The van der Waals surface area contributed by atoms with Crippen LogP contribution < -0.4 is 5.32 Å². The highest BCUT2D eigenvalue weighted by atomic mass is 16.5. The molecular formula is C11H18N2O3. The lowest BCUT2D eigenvalue weighted by atomic mass is 9.93. The maximum Gasteiger partial charge on any atom is 0.239 e. The Morgan fingerprint density at radius 1 is 1.56 bits per heavy atom. The fourth-order valence-corrected chi connectivity index (χ4v) is 2.31. The van der Waals surface area contributed by atoms with Crippen LogP contribution in [0.2, 0.25) is 0 Å². The maximum absolute atomic E-state index is 12.2. The van der Waals surface area contributed by atoms with E-state index in [2.05, 4.69) is 5.32 Å². The lowest BCUT2D eigenvalue weighted by Crippen LogP contribution is -2.53. The minimum Gasteiger partial charge on any atom is -0.378 e. The van der Waals surface area contributed by atoms with Crippen LogP contribution in [0.1, 0.15) is 19.8 Å². The Morgan fingerprint density at radius 3 is 3.06 bits per heavy atom. The molecule has 2 saturated heterocycles. The van der Waals surface area contributed by atoms with Crippen LogP contribution in [-0.2, 0) is 14.3 Å². The van der Waals surface area contributed by atoms with E-state index in [9.17, 15) is 9.59 Å². The number of carbonyl (C=O) groups is 2. The molecule has 0 saturated carbocycles. The molecule has 0 radical (unpaired) electrons. The van der Waals surface area contributed by atoms with Crippen molar-refractivity contribution >= 4 is 11.8 Å². The van der Waals surface area contributed by atoms with Crippen molar-refractivity contribution < 1.29 is 14.3 Å². The zero-order valence-electron chi connectivity index (χ0n) is 9.57. The predicted molar refractivity (Wildman–Crippen MR) is 57.7 cm³/mol. The van der Waals surface area contributed by atoms with Gasteiger partial charge in [-0.1, -0.05) is 0 Å². The van der Waals surface area contributed by atoms with Crippen LogP contribution in [0.4, 0.5) is 0 Å². The van der Waals surface area contributed by atoms with Crippen molar-refractivity contribution in [2.24, 2.45) is 5.92 Å². The van der Waals surface area contributed by atoms with Gasteiger partial charge in [-0.15, -0.1) is 0 Å². The molecule has 2 fully saturated rings. The number of rotatable bonds is 1. The fraction of sp³-hybridized carbons (Fsp3) is 0.818. The van der Waals surface area contributed by atoms with E-state index in [1.54, 1.807) is 4.90 Å². The van der Waals surface area contributed by atoms with Crippen LogP contribution in [0.3, 0.4) is 0 Å². The van der Waals surface area contributed by atoms with Crippen LogP contribution in [0, 0.1) is 5.92 Å². The third-order valence-corrected chi connectivity index (χ3v) is 3.27. The summed E-state index contributed by atoms with van der Waals surface area (Å²) in [6, 6.07) is 0. The number of piperazine rings is 1. The van der Waals surface area contributed by atoms with E-state index in [1.165, 1.54) is 0 Å². The van der Waals surface area contributed by atoms with Gasteiger partial charge >= 0.3 is 0 Å². The first kappa shape index (κ1) is 11.4. The van der Waals surface area contributed by atoms with E-state index >= 15 is 0 Å². The molecule has 2 aliphatic heterocycles. The normalized spacial score (nSPS) is 31.1. The van der Waals surface area contributed by atoms with E-state index < -0.39 is 0 Å². The molecule has 2 unspecified atom stereocenters. The van der Waals surface area contributed by atoms with Crippen LogP contribution in [0.25, 0.3) is 0 Å². The van der Waals surface area contributed by atoms with Gasteiger partial charge in [0.2, 0.25) is 11.8 Å². The summed E-state index contributed by atoms with van der Waals surface area (Å²) in [7, 11) is 0. The Hall–Kier alpha value is -1.10. The Balaban J connectivity index is 1.97. The van der Waals surface area contributed by atoms with E-state index in [-0.39, 0.29) is 30.4 Å². The molecule has 16 heavy (non-hydrogen) atoms. The Labute approximate surface area is 95.1 Å². The zero-order chi connectivity index (χ0) is 11.5. The van der Waals surface area contributed by atoms with Gasteiger partial charge in [0.15, 0.2) is 0 Å². The summed E-state index contributed by atoms with van der Waals surface area (Å²) in [4.78, 5) is 25.0. The standard InChI is InChI=1S/C11H18N2O3/c1-8-9(3-2-6-16-8)11(15)13-5-4-12-10(14)7-13/h8-9H,2-7H2,1H3,(H,12,14). The second-order valence-corrected chi connectivity index (χ2v) is 4.43. The van der Waals surface area contributed by atoms with Crippen molar-refractivity contribution in [2.45, 2.75) is 25.9 Å². The van der Waals surface area contributed by atoms with Crippen molar-refractivity contribution in [1.29, 1.82) is 0 Å². The Bertz CT molecular complexity index is 293. The number of nitrogens with zero attached hydrogens (tertiary/aromatic N) is 1. The van der Waals surface area contributed by atoms with Gasteiger partial charge in [-0.2, -0.15) is 0 Å². The van der Waals surface area contributed by atoms with E-state index in [1.807, 2.05) is 6.92 Å². The molecule has 2 amide bonds. The summed E-state index contributed by atoms with van der Waals surface area (Å²) in [6.07, 6.45) is 1.78. The summed E-state index contributed by atoms with van der Waals surface area (Å²) in [5, 5.41) is 2.72. The van der Waals surface area contributed by atoms with Crippen LogP contribution in [-0.4, -0.2) is 49.1 Å². The second kappa shape index (κ2) is 4.82. The minimum absolute atomic E-state index is 0.0220. The lowest BCUT2D eigenvalue weighted by Gasteiger charge is -2.34. The number of hydrogen-bond acceptors (Lipinski definition) is 3. The van der Waals surface area contributed by atoms with Crippen molar-refractivity contribution in [3.8, 4) is 0 Å². The van der Waals surface area contributed by atoms with Crippen LogP contribution >= 0.6 is 0 Å². The van der Waals surface area contributed by atoms with Gasteiger partial charge in [-0.05, 0) is 19.8 Å². The summed E-state index contributed by atoms with van der Waals surface area (Å²) in [6.45, 7) is 4.06. The number of amides is 2. The first-order chi connectivity index (χ1) is 7.68. The molecule has 1 N–H and O–H groups in total. The SMILES string of the molecule is CC1OCCCC1C(=O)N1CCNC(=O)C1. The monoisotopic (exact) mass is 226 g/mol. The van der Waals surface area contributed by atoms with Gasteiger partial charge in [0.25, 0.3) is 0 Å². The summed E-state index contributed by atoms with van der Waals surface area (Å²) in [5.74, 6) is -0.0642. The summed E-state index contributed by atoms with van der Waals surface area (Å²) >= 11 is 0. The zero-order valence-corrected chi connectivity index (χ0v) is 9.57. The quantitative estimate of drug-likeness (QED) is 0.671. The van der Waals surface area contributed by atoms with E-state index in [4.69, 9.17) is 4.74 Å². The third kappa shape index (κ3) is 2.35. The van der Waals surface area contributed by atoms with Crippen LogP contribution in [0.15, 0.2) is 0 Å².